The maximum atomic E-state index is 12.5. The molecule has 1 amide bonds. The number of nitrogens with two attached hydrogens (primary N) is 1. The minimum Gasteiger partial charge on any atom is -0.491 e. The minimum absolute atomic E-state index is 0.151. The van der Waals surface area contributed by atoms with E-state index in [1.165, 1.54) is 6.07 Å². The fourth-order valence-electron chi connectivity index (χ4n) is 2.13. The third kappa shape index (κ3) is 2.12. The Bertz CT molecular complexity index is 608. The number of rotatable bonds is 1. The van der Waals surface area contributed by atoms with Gasteiger partial charge in [0.1, 0.15) is 17.3 Å². The van der Waals surface area contributed by atoms with Gasteiger partial charge in [-0.1, -0.05) is 12.1 Å². The molecule has 1 aliphatic rings. The molecule has 19 heavy (non-hydrogen) atoms. The van der Waals surface area contributed by atoms with Crippen LogP contribution in [-0.2, 0) is 0 Å². The number of aromatic nitrogens is 2. The lowest BCUT2D eigenvalue weighted by Crippen LogP contribution is -2.31. The number of nitrogens with one attached hydrogen (secondary N) is 1. The number of ether oxygens (including phenoxy) is 1. The second kappa shape index (κ2) is 4.64. The second-order valence-corrected chi connectivity index (χ2v) is 4.33. The zero-order valence-corrected chi connectivity index (χ0v) is 10.3. The zero-order chi connectivity index (χ0) is 13.2. The Labute approximate surface area is 110 Å². The largest absolute Gasteiger partial charge is 0.491 e. The van der Waals surface area contributed by atoms with Gasteiger partial charge in [-0.25, -0.2) is 0 Å². The summed E-state index contributed by atoms with van der Waals surface area (Å²) in [5.74, 6) is 0.880. The molecule has 1 aliphatic heterocycles. The lowest BCUT2D eigenvalue weighted by molar-refractivity contribution is 0.0982. The van der Waals surface area contributed by atoms with Gasteiger partial charge < -0.3 is 15.4 Å². The Morgan fingerprint density at radius 1 is 1.42 bits per heavy atom. The number of amides is 1. The van der Waals surface area contributed by atoms with Crippen LogP contribution >= 0.6 is 0 Å². The quantitative estimate of drug-likeness (QED) is 0.810. The molecule has 3 N–H and O–H groups in total. The normalized spacial score (nSPS) is 14.4. The minimum atomic E-state index is -0.151. The number of benzene rings is 1. The molecule has 0 saturated heterocycles. The van der Waals surface area contributed by atoms with Crippen LogP contribution in [0.15, 0.2) is 30.3 Å². The highest BCUT2D eigenvalue weighted by Gasteiger charge is 2.24. The summed E-state index contributed by atoms with van der Waals surface area (Å²) in [4.78, 5) is 14.2. The van der Waals surface area contributed by atoms with E-state index in [1.54, 1.807) is 4.90 Å². The molecular formula is C13H14N4O2. The summed E-state index contributed by atoms with van der Waals surface area (Å²) in [7, 11) is 0. The topological polar surface area (TPSA) is 84.2 Å². The van der Waals surface area contributed by atoms with Crippen molar-refractivity contribution in [3.8, 4) is 5.75 Å². The van der Waals surface area contributed by atoms with E-state index >= 15 is 0 Å². The Morgan fingerprint density at radius 3 is 3.05 bits per heavy atom. The lowest BCUT2D eigenvalue weighted by atomic mass is 10.2. The summed E-state index contributed by atoms with van der Waals surface area (Å²) in [6, 6.07) is 9.05. The van der Waals surface area contributed by atoms with Crippen LogP contribution in [0.5, 0.6) is 5.75 Å². The average Bonchev–Trinajstić information content (AvgIpc) is 2.74. The standard InChI is InChI=1S/C13H14N4O2/c14-12-8-9(15-16-12)13(18)17-6-3-7-19-11-5-2-1-4-10(11)17/h1-2,4-5,8H,3,6-7H2,(H3,14,15,16). The molecule has 0 aliphatic carbocycles. The van der Waals surface area contributed by atoms with Crippen LogP contribution in [0.2, 0.25) is 0 Å². The number of H-pyrrole nitrogens is 1. The lowest BCUT2D eigenvalue weighted by Gasteiger charge is -2.20. The van der Waals surface area contributed by atoms with Crippen molar-refractivity contribution >= 4 is 17.4 Å². The summed E-state index contributed by atoms with van der Waals surface area (Å²) in [6.45, 7) is 1.21. The van der Waals surface area contributed by atoms with Gasteiger partial charge >= 0.3 is 0 Å². The van der Waals surface area contributed by atoms with E-state index in [-0.39, 0.29) is 5.91 Å². The monoisotopic (exact) mass is 258 g/mol. The summed E-state index contributed by atoms with van der Waals surface area (Å²) in [6.07, 6.45) is 0.782. The van der Waals surface area contributed by atoms with E-state index in [0.717, 1.165) is 17.9 Å². The Hall–Kier alpha value is -2.50. The van der Waals surface area contributed by atoms with Crippen LogP contribution in [0.4, 0.5) is 11.5 Å². The highest BCUT2D eigenvalue weighted by atomic mass is 16.5. The Balaban J connectivity index is 1.98. The van der Waals surface area contributed by atoms with Crippen molar-refractivity contribution in [2.45, 2.75) is 6.42 Å². The van der Waals surface area contributed by atoms with Gasteiger partial charge in [0.05, 0.1) is 12.3 Å². The van der Waals surface area contributed by atoms with Crippen molar-refractivity contribution in [2.75, 3.05) is 23.8 Å². The van der Waals surface area contributed by atoms with Gasteiger partial charge in [-0.3, -0.25) is 9.89 Å². The van der Waals surface area contributed by atoms with Crippen molar-refractivity contribution in [3.63, 3.8) is 0 Å². The van der Waals surface area contributed by atoms with Crippen LogP contribution in [0.1, 0.15) is 16.9 Å². The molecule has 6 heteroatoms. The molecule has 6 nitrogen and oxygen atoms in total. The summed E-state index contributed by atoms with van der Waals surface area (Å²) in [5, 5.41) is 6.43. The first-order valence-corrected chi connectivity index (χ1v) is 6.10. The third-order valence-electron chi connectivity index (χ3n) is 3.01. The molecule has 0 atom stereocenters. The van der Waals surface area contributed by atoms with E-state index < -0.39 is 0 Å². The SMILES string of the molecule is Nc1cc(C(=O)N2CCCOc3ccccc32)[nH]n1. The molecule has 0 saturated carbocycles. The molecule has 1 aromatic heterocycles. The summed E-state index contributed by atoms with van der Waals surface area (Å²) < 4.78 is 5.63. The number of carbonyl (C=O) groups excluding carboxylic acids is 1. The highest BCUT2D eigenvalue weighted by molar-refractivity contribution is 6.06. The van der Waals surface area contributed by atoms with E-state index in [0.29, 0.717) is 24.7 Å². The average molecular weight is 258 g/mol. The van der Waals surface area contributed by atoms with E-state index in [2.05, 4.69) is 10.2 Å². The summed E-state index contributed by atoms with van der Waals surface area (Å²) >= 11 is 0. The molecule has 2 heterocycles. The first-order valence-electron chi connectivity index (χ1n) is 6.10. The molecular weight excluding hydrogens is 244 g/mol. The van der Waals surface area contributed by atoms with Gasteiger partial charge in [-0.15, -0.1) is 0 Å². The van der Waals surface area contributed by atoms with Gasteiger partial charge in [0.15, 0.2) is 0 Å². The molecule has 98 valence electrons. The molecule has 1 aromatic carbocycles. The van der Waals surface area contributed by atoms with Crippen molar-refractivity contribution in [2.24, 2.45) is 0 Å². The van der Waals surface area contributed by atoms with E-state index in [1.807, 2.05) is 24.3 Å². The fraction of sp³-hybridized carbons (Fsp3) is 0.231. The predicted octanol–water partition coefficient (Wildman–Crippen LogP) is 1.42. The summed E-state index contributed by atoms with van der Waals surface area (Å²) in [5.41, 5.74) is 6.69. The molecule has 0 fully saturated rings. The molecule has 0 bridgehead atoms. The van der Waals surface area contributed by atoms with Crippen molar-refractivity contribution in [3.05, 3.63) is 36.0 Å². The van der Waals surface area contributed by atoms with E-state index in [4.69, 9.17) is 10.5 Å². The first kappa shape index (κ1) is 11.6. The first-order chi connectivity index (χ1) is 9.25. The third-order valence-corrected chi connectivity index (χ3v) is 3.01. The Morgan fingerprint density at radius 2 is 2.26 bits per heavy atom. The molecule has 3 rings (SSSR count). The van der Waals surface area contributed by atoms with Crippen molar-refractivity contribution < 1.29 is 9.53 Å². The maximum absolute atomic E-state index is 12.5. The van der Waals surface area contributed by atoms with E-state index in [9.17, 15) is 4.79 Å². The van der Waals surface area contributed by atoms with Gasteiger partial charge in [0.25, 0.3) is 5.91 Å². The smallest absolute Gasteiger partial charge is 0.276 e. The maximum Gasteiger partial charge on any atom is 0.276 e. The van der Waals surface area contributed by atoms with Crippen LogP contribution in [-0.4, -0.2) is 29.3 Å². The van der Waals surface area contributed by atoms with Crippen LogP contribution < -0.4 is 15.4 Å². The van der Waals surface area contributed by atoms with Gasteiger partial charge in [-0.2, -0.15) is 5.10 Å². The van der Waals surface area contributed by atoms with Gasteiger partial charge in [0.2, 0.25) is 0 Å². The molecule has 0 radical (unpaired) electrons. The second-order valence-electron chi connectivity index (χ2n) is 4.33. The number of nitrogen functional groups attached to an aromatic ring is 1. The number of aromatic amines is 1. The van der Waals surface area contributed by atoms with Crippen LogP contribution in [0.25, 0.3) is 0 Å². The number of anilines is 2. The molecule has 0 unspecified atom stereocenters. The number of hydrogen-bond donors (Lipinski definition) is 2. The Kier molecular flexibility index (Phi) is 2.83. The van der Waals surface area contributed by atoms with Crippen LogP contribution in [0.3, 0.4) is 0 Å². The van der Waals surface area contributed by atoms with Gasteiger partial charge in [0, 0.05) is 12.6 Å². The molecule has 2 aromatic rings. The van der Waals surface area contributed by atoms with Gasteiger partial charge in [-0.05, 0) is 18.6 Å². The number of carbonyl (C=O) groups is 1. The number of para-hydroxylation sites is 2. The number of hydrogen-bond acceptors (Lipinski definition) is 4. The molecule has 0 spiro atoms. The highest BCUT2D eigenvalue weighted by Crippen LogP contribution is 2.31. The fourth-order valence-corrected chi connectivity index (χ4v) is 2.13. The predicted molar refractivity (Wildman–Crippen MR) is 71.2 cm³/mol. The zero-order valence-electron chi connectivity index (χ0n) is 10.3. The van der Waals surface area contributed by atoms with Crippen LogP contribution in [0, 0.1) is 0 Å². The number of nitrogens with zero attached hydrogens (tertiary/aromatic N) is 2. The van der Waals surface area contributed by atoms with Crippen molar-refractivity contribution in [1.29, 1.82) is 0 Å². The van der Waals surface area contributed by atoms with Crippen molar-refractivity contribution in [1.82, 2.24) is 10.2 Å². The number of fused-ring (bicyclic) bond motifs is 1.